The van der Waals surface area contributed by atoms with E-state index in [1.165, 1.54) is 5.69 Å². The molecule has 4 rings (SSSR count). The maximum absolute atomic E-state index is 13.6. The molecule has 4 heteroatoms. The molecule has 0 spiro atoms. The van der Waals surface area contributed by atoms with Crippen molar-refractivity contribution in [2.24, 2.45) is 0 Å². The van der Waals surface area contributed by atoms with Crippen LogP contribution in [0.15, 0.2) is 84.9 Å². The third kappa shape index (κ3) is 4.86. The Balaban J connectivity index is 1.43. The zero-order valence-electron chi connectivity index (χ0n) is 19.0. The number of hydrogen-bond acceptors (Lipinski definition) is 4. The summed E-state index contributed by atoms with van der Waals surface area (Å²) >= 11 is 0. The fourth-order valence-electron chi connectivity index (χ4n) is 4.52. The lowest BCUT2D eigenvalue weighted by Crippen LogP contribution is -2.48. The molecule has 166 valence electrons. The molecule has 1 saturated heterocycles. The van der Waals surface area contributed by atoms with E-state index >= 15 is 0 Å². The van der Waals surface area contributed by atoms with Crippen LogP contribution in [-0.2, 0) is 5.41 Å². The first-order valence-corrected chi connectivity index (χ1v) is 11.4. The van der Waals surface area contributed by atoms with Crippen molar-refractivity contribution in [3.05, 3.63) is 96.1 Å². The van der Waals surface area contributed by atoms with Gasteiger partial charge in [-0.3, -0.25) is 9.69 Å². The number of anilines is 1. The first-order chi connectivity index (χ1) is 15.6. The molecule has 4 nitrogen and oxygen atoms in total. The van der Waals surface area contributed by atoms with Crippen LogP contribution < -0.4 is 9.64 Å². The number of ether oxygens (including phenoxy) is 1. The Kier molecular flexibility index (Phi) is 6.91. The van der Waals surface area contributed by atoms with Crippen LogP contribution in [0.1, 0.15) is 29.3 Å². The molecular formula is C28H32N2O2. The Bertz CT molecular complexity index is 1010. The van der Waals surface area contributed by atoms with Gasteiger partial charge in [0.15, 0.2) is 5.78 Å². The van der Waals surface area contributed by atoms with Gasteiger partial charge in [-0.2, -0.15) is 0 Å². The molecular weight excluding hydrogens is 396 g/mol. The second kappa shape index (κ2) is 10.0. The van der Waals surface area contributed by atoms with Gasteiger partial charge in [-0.15, -0.1) is 0 Å². The summed E-state index contributed by atoms with van der Waals surface area (Å²) < 4.78 is 5.37. The minimum atomic E-state index is -0.549. The molecule has 0 bridgehead atoms. The maximum Gasteiger partial charge on any atom is 0.173 e. The fraction of sp³-hybridized carbons (Fsp3) is 0.321. The predicted octanol–water partition coefficient (Wildman–Crippen LogP) is 5.05. The highest BCUT2D eigenvalue weighted by Crippen LogP contribution is 2.32. The first kappa shape index (κ1) is 22.1. The van der Waals surface area contributed by atoms with E-state index in [1.807, 2.05) is 60.7 Å². The van der Waals surface area contributed by atoms with Crippen molar-refractivity contribution in [1.29, 1.82) is 0 Å². The van der Waals surface area contributed by atoms with Crippen molar-refractivity contribution >= 4 is 11.5 Å². The molecule has 3 aromatic rings. The van der Waals surface area contributed by atoms with Gasteiger partial charge in [0.1, 0.15) is 5.75 Å². The van der Waals surface area contributed by atoms with Crippen LogP contribution in [0.4, 0.5) is 5.69 Å². The Hall–Kier alpha value is -3.11. The smallest absolute Gasteiger partial charge is 0.173 e. The van der Waals surface area contributed by atoms with Crippen LogP contribution in [-0.4, -0.2) is 50.5 Å². The summed E-state index contributed by atoms with van der Waals surface area (Å²) in [6.07, 6.45) is 0.796. The van der Waals surface area contributed by atoms with E-state index in [-0.39, 0.29) is 5.78 Å². The van der Waals surface area contributed by atoms with E-state index in [0.29, 0.717) is 0 Å². The summed E-state index contributed by atoms with van der Waals surface area (Å²) in [5.41, 5.74) is 2.52. The molecule has 0 amide bonds. The number of ketones is 1. The van der Waals surface area contributed by atoms with Gasteiger partial charge >= 0.3 is 0 Å². The average molecular weight is 429 g/mol. The number of Topliss-reactive ketones (excluding diaryl/α,β-unsaturated/α-hetero) is 1. The van der Waals surface area contributed by atoms with E-state index in [0.717, 1.165) is 56.0 Å². The number of methoxy groups -OCH3 is 1. The van der Waals surface area contributed by atoms with Crippen molar-refractivity contribution in [2.45, 2.75) is 18.8 Å². The van der Waals surface area contributed by atoms with Crippen LogP contribution in [0.3, 0.4) is 0 Å². The number of nitrogens with zero attached hydrogens (tertiary/aromatic N) is 2. The number of piperazine rings is 1. The lowest BCUT2D eigenvalue weighted by Gasteiger charge is -2.38. The van der Waals surface area contributed by atoms with E-state index in [1.54, 1.807) is 7.11 Å². The molecule has 1 unspecified atom stereocenters. The fourth-order valence-corrected chi connectivity index (χ4v) is 4.52. The number of benzene rings is 3. The summed E-state index contributed by atoms with van der Waals surface area (Å²) in [6.45, 7) is 6.92. The van der Waals surface area contributed by atoms with Crippen molar-refractivity contribution in [3.8, 4) is 5.75 Å². The Morgan fingerprint density at radius 1 is 0.875 bits per heavy atom. The molecule has 1 fully saturated rings. The van der Waals surface area contributed by atoms with Crippen LogP contribution in [0.25, 0.3) is 0 Å². The second-order valence-corrected chi connectivity index (χ2v) is 8.67. The van der Waals surface area contributed by atoms with Crippen LogP contribution >= 0.6 is 0 Å². The standard InChI is InChI=1S/C28H32N2O2/c1-28(24-12-7-4-8-13-24,27(31)23-10-5-3-6-11-23)16-17-29-18-20-30(21-19-29)25-14-9-15-26(22-25)32-2/h3-15,22H,16-21H2,1-2H3. The van der Waals surface area contributed by atoms with Crippen LogP contribution in [0.5, 0.6) is 5.75 Å². The van der Waals surface area contributed by atoms with Crippen molar-refractivity contribution in [3.63, 3.8) is 0 Å². The summed E-state index contributed by atoms with van der Waals surface area (Å²) in [5, 5.41) is 0. The number of hydrogen-bond donors (Lipinski definition) is 0. The minimum Gasteiger partial charge on any atom is -0.497 e. The van der Waals surface area contributed by atoms with E-state index in [4.69, 9.17) is 4.74 Å². The van der Waals surface area contributed by atoms with Gasteiger partial charge in [-0.25, -0.2) is 0 Å². The Morgan fingerprint density at radius 3 is 2.19 bits per heavy atom. The zero-order chi connectivity index (χ0) is 22.4. The maximum atomic E-state index is 13.6. The van der Waals surface area contributed by atoms with Crippen molar-refractivity contribution in [1.82, 2.24) is 4.90 Å². The highest BCUT2D eigenvalue weighted by Gasteiger charge is 2.36. The minimum absolute atomic E-state index is 0.194. The highest BCUT2D eigenvalue weighted by molar-refractivity contribution is 6.03. The monoisotopic (exact) mass is 428 g/mol. The van der Waals surface area contributed by atoms with Crippen LogP contribution in [0.2, 0.25) is 0 Å². The molecule has 1 atom stereocenters. The lowest BCUT2D eigenvalue weighted by atomic mass is 9.73. The summed E-state index contributed by atoms with van der Waals surface area (Å²) in [6, 6.07) is 28.2. The van der Waals surface area contributed by atoms with Gasteiger partial charge in [-0.05, 0) is 37.6 Å². The number of carbonyl (C=O) groups is 1. The van der Waals surface area contributed by atoms with Gasteiger partial charge in [0.05, 0.1) is 12.5 Å². The molecule has 3 aromatic carbocycles. The normalized spacial score (nSPS) is 16.4. The van der Waals surface area contributed by atoms with E-state index < -0.39 is 5.41 Å². The SMILES string of the molecule is COc1cccc(N2CCN(CCC(C)(C(=O)c3ccccc3)c3ccccc3)CC2)c1. The van der Waals surface area contributed by atoms with Gasteiger partial charge < -0.3 is 9.64 Å². The summed E-state index contributed by atoms with van der Waals surface area (Å²) in [7, 11) is 1.71. The van der Waals surface area contributed by atoms with Gasteiger partial charge in [-0.1, -0.05) is 66.7 Å². The second-order valence-electron chi connectivity index (χ2n) is 8.67. The lowest BCUT2D eigenvalue weighted by molar-refractivity contribution is 0.0873. The molecule has 1 aliphatic rings. The molecule has 1 heterocycles. The Labute approximate surface area is 191 Å². The molecule has 0 saturated carbocycles. The molecule has 1 aliphatic heterocycles. The van der Waals surface area contributed by atoms with E-state index in [9.17, 15) is 4.79 Å². The average Bonchev–Trinajstić information content (AvgIpc) is 2.88. The van der Waals surface area contributed by atoms with Crippen molar-refractivity contribution < 1.29 is 9.53 Å². The highest BCUT2D eigenvalue weighted by atomic mass is 16.5. The third-order valence-electron chi connectivity index (χ3n) is 6.67. The van der Waals surface area contributed by atoms with Gasteiger partial charge in [0.25, 0.3) is 0 Å². The number of carbonyl (C=O) groups excluding carboxylic acids is 1. The molecule has 0 aromatic heterocycles. The van der Waals surface area contributed by atoms with Gasteiger partial charge in [0.2, 0.25) is 0 Å². The van der Waals surface area contributed by atoms with Crippen LogP contribution in [0, 0.1) is 0 Å². The first-order valence-electron chi connectivity index (χ1n) is 11.4. The van der Waals surface area contributed by atoms with E-state index in [2.05, 4.69) is 41.0 Å². The van der Waals surface area contributed by atoms with Crippen molar-refractivity contribution in [2.75, 3.05) is 44.7 Å². The Morgan fingerprint density at radius 2 is 1.53 bits per heavy atom. The predicted molar refractivity (Wildman–Crippen MR) is 131 cm³/mol. The summed E-state index contributed by atoms with van der Waals surface area (Å²) in [4.78, 5) is 18.5. The molecule has 0 radical (unpaired) electrons. The number of rotatable bonds is 8. The van der Waals surface area contributed by atoms with Gasteiger partial charge in [0, 0.05) is 43.5 Å². The zero-order valence-corrected chi connectivity index (χ0v) is 19.0. The quantitative estimate of drug-likeness (QED) is 0.470. The molecule has 32 heavy (non-hydrogen) atoms. The summed E-state index contributed by atoms with van der Waals surface area (Å²) in [5.74, 6) is 1.09. The topological polar surface area (TPSA) is 32.8 Å². The third-order valence-corrected chi connectivity index (χ3v) is 6.67. The largest absolute Gasteiger partial charge is 0.497 e. The molecule has 0 N–H and O–H groups in total. The molecule has 0 aliphatic carbocycles.